The van der Waals surface area contributed by atoms with E-state index in [2.05, 4.69) is 5.32 Å². The molecule has 0 spiro atoms. The molecule has 2 atom stereocenters. The molecule has 1 aliphatic rings. The van der Waals surface area contributed by atoms with Crippen molar-refractivity contribution in [2.45, 2.75) is 12.3 Å². The third kappa shape index (κ3) is 3.07. The highest BCUT2D eigenvalue weighted by Crippen LogP contribution is 2.23. The second-order valence-corrected chi connectivity index (χ2v) is 4.60. The van der Waals surface area contributed by atoms with E-state index in [0.717, 1.165) is 11.0 Å². The predicted octanol–water partition coefficient (Wildman–Crippen LogP) is 1.11. The normalized spacial score (nSPS) is 17.5. The minimum atomic E-state index is -1.19. The fourth-order valence-electron chi connectivity index (χ4n) is 2.16. The fraction of sp³-hybridized carbons (Fsp3) is 0.133. The second-order valence-electron chi connectivity index (χ2n) is 4.60. The standard InChI is InChI=1S/C15H13BNO4/c18-14(13-11-8-4-5-9-12(11)16-21-13)17-15(19)20-10-6-2-1-3-7-10/h1-9,13-14,18H,(H,17,19). The maximum atomic E-state index is 11.7. The molecule has 0 fully saturated rings. The molecule has 5 nitrogen and oxygen atoms in total. The Labute approximate surface area is 122 Å². The van der Waals surface area contributed by atoms with Crippen LogP contribution in [0.5, 0.6) is 5.75 Å². The van der Waals surface area contributed by atoms with Crippen LogP contribution in [0.2, 0.25) is 0 Å². The summed E-state index contributed by atoms with van der Waals surface area (Å²) in [5.41, 5.74) is 1.71. The molecule has 1 aliphatic heterocycles. The molecule has 0 bridgehead atoms. The van der Waals surface area contributed by atoms with Crippen LogP contribution in [-0.2, 0) is 4.65 Å². The number of hydrogen-bond acceptors (Lipinski definition) is 4. The fourth-order valence-corrected chi connectivity index (χ4v) is 2.16. The van der Waals surface area contributed by atoms with Crippen molar-refractivity contribution in [3.63, 3.8) is 0 Å². The number of fused-ring (bicyclic) bond motifs is 1. The molecule has 0 aromatic heterocycles. The summed E-state index contributed by atoms with van der Waals surface area (Å²) in [5.74, 6) is 0.404. The van der Waals surface area contributed by atoms with E-state index >= 15 is 0 Å². The zero-order valence-corrected chi connectivity index (χ0v) is 11.1. The monoisotopic (exact) mass is 282 g/mol. The van der Waals surface area contributed by atoms with Crippen LogP contribution < -0.4 is 15.5 Å². The van der Waals surface area contributed by atoms with Gasteiger partial charge in [0.05, 0.1) is 0 Å². The Morgan fingerprint density at radius 1 is 1.19 bits per heavy atom. The van der Waals surface area contributed by atoms with Gasteiger partial charge in [0.25, 0.3) is 0 Å². The Hall–Kier alpha value is -2.31. The summed E-state index contributed by atoms with van der Waals surface area (Å²) in [7, 11) is 1.56. The van der Waals surface area contributed by atoms with E-state index in [-0.39, 0.29) is 0 Å². The van der Waals surface area contributed by atoms with Gasteiger partial charge in [0.2, 0.25) is 0 Å². The number of rotatable bonds is 3. The lowest BCUT2D eigenvalue weighted by molar-refractivity contribution is 0.0235. The zero-order valence-electron chi connectivity index (χ0n) is 11.1. The van der Waals surface area contributed by atoms with Gasteiger partial charge in [-0.2, -0.15) is 0 Å². The molecule has 2 aromatic rings. The molecule has 3 rings (SSSR count). The Morgan fingerprint density at radius 3 is 2.71 bits per heavy atom. The van der Waals surface area contributed by atoms with Crippen LogP contribution in [0.1, 0.15) is 11.7 Å². The van der Waals surface area contributed by atoms with Crippen molar-refractivity contribution in [1.82, 2.24) is 5.32 Å². The van der Waals surface area contributed by atoms with E-state index in [9.17, 15) is 9.90 Å². The Kier molecular flexibility index (Phi) is 3.90. The van der Waals surface area contributed by atoms with Crippen LogP contribution in [0.15, 0.2) is 54.6 Å². The van der Waals surface area contributed by atoms with Gasteiger partial charge in [-0.25, -0.2) is 4.79 Å². The van der Waals surface area contributed by atoms with Gasteiger partial charge in [-0.15, -0.1) is 0 Å². The topological polar surface area (TPSA) is 67.8 Å². The van der Waals surface area contributed by atoms with E-state index in [4.69, 9.17) is 9.39 Å². The number of carbonyl (C=O) groups excluding carboxylic acids is 1. The van der Waals surface area contributed by atoms with E-state index in [0.29, 0.717) is 5.75 Å². The van der Waals surface area contributed by atoms with Gasteiger partial charge in [0, 0.05) is 0 Å². The summed E-state index contributed by atoms with van der Waals surface area (Å²) < 4.78 is 10.4. The van der Waals surface area contributed by atoms with Crippen molar-refractivity contribution >= 4 is 19.0 Å². The summed E-state index contributed by atoms with van der Waals surface area (Å²) in [6.07, 6.45) is -2.56. The maximum absolute atomic E-state index is 11.7. The van der Waals surface area contributed by atoms with E-state index < -0.39 is 18.4 Å². The molecular formula is C15H13BNO4. The SMILES string of the molecule is O=C(NC(O)C1O[B]c2ccccc21)Oc1ccccc1. The van der Waals surface area contributed by atoms with Gasteiger partial charge >= 0.3 is 13.6 Å². The number of hydrogen-bond donors (Lipinski definition) is 2. The summed E-state index contributed by atoms with van der Waals surface area (Å²) >= 11 is 0. The molecular weight excluding hydrogens is 269 g/mol. The van der Waals surface area contributed by atoms with Crippen LogP contribution in [0, 0.1) is 0 Å². The number of benzene rings is 2. The Balaban J connectivity index is 1.62. The lowest BCUT2D eigenvalue weighted by Gasteiger charge is -2.20. The molecule has 0 aliphatic carbocycles. The number of ether oxygens (including phenoxy) is 1. The molecule has 0 saturated carbocycles. The van der Waals surface area contributed by atoms with Gasteiger partial charge in [-0.3, -0.25) is 5.32 Å². The Morgan fingerprint density at radius 2 is 1.90 bits per heavy atom. The molecule has 105 valence electrons. The summed E-state index contributed by atoms with van der Waals surface area (Å²) in [5, 5.41) is 12.4. The first-order valence-corrected chi connectivity index (χ1v) is 6.53. The highest BCUT2D eigenvalue weighted by atomic mass is 16.6. The summed E-state index contributed by atoms with van der Waals surface area (Å²) in [6.45, 7) is 0. The molecule has 2 unspecified atom stereocenters. The van der Waals surface area contributed by atoms with Crippen LogP contribution in [0.4, 0.5) is 4.79 Å². The van der Waals surface area contributed by atoms with E-state index in [1.54, 1.807) is 31.7 Å². The zero-order chi connectivity index (χ0) is 14.7. The molecule has 6 heteroatoms. The third-order valence-corrected chi connectivity index (χ3v) is 3.15. The molecule has 1 amide bonds. The summed E-state index contributed by atoms with van der Waals surface area (Å²) in [6, 6.07) is 16.1. The third-order valence-electron chi connectivity index (χ3n) is 3.15. The highest BCUT2D eigenvalue weighted by molar-refractivity contribution is 6.49. The highest BCUT2D eigenvalue weighted by Gasteiger charge is 2.31. The van der Waals surface area contributed by atoms with Crippen LogP contribution in [0.3, 0.4) is 0 Å². The van der Waals surface area contributed by atoms with Gasteiger partial charge in [0.15, 0.2) is 6.23 Å². The van der Waals surface area contributed by atoms with E-state index in [1.165, 1.54) is 0 Å². The minimum Gasteiger partial charge on any atom is -0.424 e. The Bertz CT molecular complexity index is 635. The maximum Gasteiger partial charge on any atom is 0.414 e. The first kappa shape index (κ1) is 13.7. The first-order valence-electron chi connectivity index (χ1n) is 6.53. The predicted molar refractivity (Wildman–Crippen MR) is 77.3 cm³/mol. The lowest BCUT2D eigenvalue weighted by atomic mass is 9.87. The van der Waals surface area contributed by atoms with Gasteiger partial charge in [0.1, 0.15) is 11.9 Å². The van der Waals surface area contributed by atoms with E-state index in [1.807, 2.05) is 30.3 Å². The second kappa shape index (κ2) is 5.99. The van der Waals surface area contributed by atoms with Crippen molar-refractivity contribution in [2.24, 2.45) is 0 Å². The van der Waals surface area contributed by atoms with Crippen molar-refractivity contribution < 1.29 is 19.3 Å². The average molecular weight is 282 g/mol. The number of aliphatic hydroxyl groups is 1. The molecule has 1 radical (unpaired) electrons. The molecule has 2 aromatic carbocycles. The average Bonchev–Trinajstić information content (AvgIpc) is 2.92. The van der Waals surface area contributed by atoms with Crippen molar-refractivity contribution in [2.75, 3.05) is 0 Å². The lowest BCUT2D eigenvalue weighted by Crippen LogP contribution is -2.40. The smallest absolute Gasteiger partial charge is 0.414 e. The summed E-state index contributed by atoms with van der Waals surface area (Å²) in [4.78, 5) is 11.7. The minimum absolute atomic E-state index is 0.404. The number of amides is 1. The van der Waals surface area contributed by atoms with Gasteiger partial charge in [-0.05, 0) is 23.2 Å². The van der Waals surface area contributed by atoms with Crippen LogP contribution >= 0.6 is 0 Å². The van der Waals surface area contributed by atoms with Crippen molar-refractivity contribution in [1.29, 1.82) is 0 Å². The number of para-hydroxylation sites is 1. The van der Waals surface area contributed by atoms with Crippen LogP contribution in [-0.4, -0.2) is 24.9 Å². The molecule has 2 N–H and O–H groups in total. The van der Waals surface area contributed by atoms with Crippen molar-refractivity contribution in [3.05, 3.63) is 60.2 Å². The van der Waals surface area contributed by atoms with Crippen LogP contribution in [0.25, 0.3) is 0 Å². The molecule has 0 saturated heterocycles. The van der Waals surface area contributed by atoms with Gasteiger partial charge in [-0.1, -0.05) is 42.5 Å². The quantitative estimate of drug-likeness (QED) is 0.653. The largest absolute Gasteiger partial charge is 0.424 e. The first-order chi connectivity index (χ1) is 10.2. The number of nitrogens with one attached hydrogen (secondary N) is 1. The van der Waals surface area contributed by atoms with Gasteiger partial charge < -0.3 is 14.5 Å². The van der Waals surface area contributed by atoms with Crippen molar-refractivity contribution in [3.8, 4) is 5.75 Å². The number of carbonyl (C=O) groups is 1. The molecule has 21 heavy (non-hydrogen) atoms. The number of aliphatic hydroxyl groups excluding tert-OH is 1. The molecule has 1 heterocycles.